The van der Waals surface area contributed by atoms with Crippen LogP contribution in [-0.2, 0) is 9.53 Å². The first-order chi connectivity index (χ1) is 12.3. The van der Waals surface area contributed by atoms with Crippen LogP contribution in [0.25, 0.3) is 0 Å². The van der Waals surface area contributed by atoms with Crippen molar-refractivity contribution < 1.29 is 14.3 Å². The second-order valence-electron chi connectivity index (χ2n) is 10.2. The first-order valence-corrected chi connectivity index (χ1v) is 10.2. The Balaban J connectivity index is 2.42. The van der Waals surface area contributed by atoms with Crippen molar-refractivity contribution in [1.29, 1.82) is 0 Å². The lowest BCUT2D eigenvalue weighted by molar-refractivity contribution is -0.122. The van der Waals surface area contributed by atoms with E-state index >= 15 is 0 Å². The molecular formula is C21H41N3O3. The van der Waals surface area contributed by atoms with Crippen molar-refractivity contribution in [3.8, 4) is 0 Å². The highest BCUT2D eigenvalue weighted by atomic mass is 16.6. The van der Waals surface area contributed by atoms with Crippen LogP contribution in [0.5, 0.6) is 0 Å². The van der Waals surface area contributed by atoms with Crippen molar-refractivity contribution in [1.82, 2.24) is 15.1 Å². The van der Waals surface area contributed by atoms with Crippen molar-refractivity contribution in [2.75, 3.05) is 33.7 Å². The topological polar surface area (TPSA) is 61.9 Å². The van der Waals surface area contributed by atoms with Gasteiger partial charge >= 0.3 is 6.09 Å². The molecule has 6 nitrogen and oxygen atoms in total. The third-order valence-corrected chi connectivity index (χ3v) is 4.96. The Morgan fingerprint density at radius 3 is 2.33 bits per heavy atom. The van der Waals surface area contributed by atoms with Gasteiger partial charge in [0.05, 0.1) is 0 Å². The summed E-state index contributed by atoms with van der Waals surface area (Å²) in [6, 6.07) is 0.161. The average molecular weight is 384 g/mol. The molecule has 27 heavy (non-hydrogen) atoms. The molecule has 2 atom stereocenters. The van der Waals surface area contributed by atoms with Gasteiger partial charge in [-0.2, -0.15) is 0 Å². The zero-order chi connectivity index (χ0) is 20.8. The Kier molecular flexibility index (Phi) is 8.58. The summed E-state index contributed by atoms with van der Waals surface area (Å²) in [6.07, 6.45) is 2.97. The second kappa shape index (κ2) is 9.76. The fourth-order valence-corrected chi connectivity index (χ4v) is 3.27. The standard InChI is InChI=1S/C21H41N3O3/c1-20(2,3)17(12-13-23(7)8)22-18(25)10-9-16-11-14-24(15-16)19(26)27-21(4,5)6/h16-17H,9-15H2,1-8H3,(H,22,25)/t16-,17-/m0/s1. The number of likely N-dealkylation sites (tertiary alicyclic amines) is 1. The molecule has 0 radical (unpaired) electrons. The van der Waals surface area contributed by atoms with Crippen LogP contribution in [-0.4, -0.2) is 67.2 Å². The zero-order valence-electron chi connectivity index (χ0n) is 18.7. The normalized spacial score (nSPS) is 19.3. The van der Waals surface area contributed by atoms with Gasteiger partial charge in [-0.1, -0.05) is 20.8 Å². The molecule has 0 unspecified atom stereocenters. The largest absolute Gasteiger partial charge is 0.444 e. The molecule has 0 saturated carbocycles. The third kappa shape index (κ3) is 9.45. The molecule has 0 aromatic carbocycles. The molecule has 0 aromatic rings. The van der Waals surface area contributed by atoms with E-state index in [0.717, 1.165) is 25.8 Å². The van der Waals surface area contributed by atoms with E-state index in [4.69, 9.17) is 4.74 Å². The Morgan fingerprint density at radius 1 is 1.19 bits per heavy atom. The average Bonchev–Trinajstić information content (AvgIpc) is 2.95. The van der Waals surface area contributed by atoms with E-state index in [1.165, 1.54) is 0 Å². The van der Waals surface area contributed by atoms with Crippen molar-refractivity contribution in [3.05, 3.63) is 0 Å². The van der Waals surface area contributed by atoms with Gasteiger partial charge in [0.2, 0.25) is 5.91 Å². The number of rotatable bonds is 7. The molecule has 6 heteroatoms. The van der Waals surface area contributed by atoms with Gasteiger partial charge in [-0.05, 0) is 72.0 Å². The zero-order valence-corrected chi connectivity index (χ0v) is 18.7. The molecule has 1 saturated heterocycles. The molecule has 0 spiro atoms. The van der Waals surface area contributed by atoms with Gasteiger partial charge in [0.15, 0.2) is 0 Å². The molecule has 1 N–H and O–H groups in total. The predicted molar refractivity (Wildman–Crippen MR) is 110 cm³/mol. The second-order valence-corrected chi connectivity index (χ2v) is 10.2. The summed E-state index contributed by atoms with van der Waals surface area (Å²) in [7, 11) is 4.11. The minimum atomic E-state index is -0.469. The van der Waals surface area contributed by atoms with Gasteiger partial charge in [0.25, 0.3) is 0 Å². The number of hydrogen-bond donors (Lipinski definition) is 1. The van der Waals surface area contributed by atoms with E-state index in [-0.39, 0.29) is 23.5 Å². The van der Waals surface area contributed by atoms with Crippen LogP contribution in [0, 0.1) is 11.3 Å². The highest BCUT2D eigenvalue weighted by Gasteiger charge is 2.30. The van der Waals surface area contributed by atoms with E-state index in [1.54, 1.807) is 4.90 Å². The van der Waals surface area contributed by atoms with Gasteiger partial charge in [0.1, 0.15) is 5.60 Å². The number of amides is 2. The predicted octanol–water partition coefficient (Wildman–Crippen LogP) is 3.51. The van der Waals surface area contributed by atoms with Crippen LogP contribution >= 0.6 is 0 Å². The molecule has 1 rings (SSSR count). The summed E-state index contributed by atoms with van der Waals surface area (Å²) in [4.78, 5) is 28.5. The first-order valence-electron chi connectivity index (χ1n) is 10.2. The fraction of sp³-hybridized carbons (Fsp3) is 0.905. The number of nitrogens with one attached hydrogen (secondary N) is 1. The van der Waals surface area contributed by atoms with Crippen LogP contribution in [0.3, 0.4) is 0 Å². The van der Waals surface area contributed by atoms with Crippen LogP contribution in [0.1, 0.15) is 67.2 Å². The molecule has 0 aliphatic carbocycles. The lowest BCUT2D eigenvalue weighted by Gasteiger charge is -2.32. The molecule has 0 bridgehead atoms. The maximum absolute atomic E-state index is 12.5. The lowest BCUT2D eigenvalue weighted by atomic mass is 9.84. The van der Waals surface area contributed by atoms with Crippen LogP contribution in [0.4, 0.5) is 4.79 Å². The maximum Gasteiger partial charge on any atom is 0.410 e. The minimum Gasteiger partial charge on any atom is -0.444 e. The summed E-state index contributed by atoms with van der Waals surface area (Å²) >= 11 is 0. The Labute approximate surface area is 166 Å². The number of nitrogens with zero attached hydrogens (tertiary/aromatic N) is 2. The molecular weight excluding hydrogens is 342 g/mol. The molecule has 1 fully saturated rings. The summed E-state index contributed by atoms with van der Waals surface area (Å²) in [5.41, 5.74) is -0.434. The third-order valence-electron chi connectivity index (χ3n) is 4.96. The van der Waals surface area contributed by atoms with E-state index in [9.17, 15) is 9.59 Å². The van der Waals surface area contributed by atoms with Crippen molar-refractivity contribution in [3.63, 3.8) is 0 Å². The van der Waals surface area contributed by atoms with E-state index in [0.29, 0.717) is 25.4 Å². The number of hydrogen-bond acceptors (Lipinski definition) is 4. The van der Waals surface area contributed by atoms with Crippen molar-refractivity contribution in [2.45, 2.75) is 78.9 Å². The lowest BCUT2D eigenvalue weighted by Crippen LogP contribution is -2.45. The molecule has 2 amide bonds. The summed E-state index contributed by atoms with van der Waals surface area (Å²) < 4.78 is 5.44. The minimum absolute atomic E-state index is 0.0343. The number of carbonyl (C=O) groups excluding carboxylic acids is 2. The Morgan fingerprint density at radius 2 is 1.81 bits per heavy atom. The number of carbonyl (C=O) groups is 2. The Bertz CT molecular complexity index is 492. The quantitative estimate of drug-likeness (QED) is 0.731. The van der Waals surface area contributed by atoms with Crippen molar-refractivity contribution >= 4 is 12.0 Å². The monoisotopic (exact) mass is 383 g/mol. The fourth-order valence-electron chi connectivity index (χ4n) is 3.27. The molecule has 1 heterocycles. The van der Waals surface area contributed by atoms with Crippen LogP contribution in [0.2, 0.25) is 0 Å². The van der Waals surface area contributed by atoms with Gasteiger partial charge in [0, 0.05) is 25.6 Å². The summed E-state index contributed by atoms with van der Waals surface area (Å²) in [5, 5.41) is 3.23. The van der Waals surface area contributed by atoms with Gasteiger partial charge in [-0.3, -0.25) is 4.79 Å². The van der Waals surface area contributed by atoms with Gasteiger partial charge < -0.3 is 19.9 Å². The van der Waals surface area contributed by atoms with Crippen LogP contribution < -0.4 is 5.32 Å². The maximum atomic E-state index is 12.5. The summed E-state index contributed by atoms with van der Waals surface area (Å²) in [5.74, 6) is 0.488. The van der Waals surface area contributed by atoms with E-state index in [1.807, 2.05) is 20.8 Å². The molecule has 0 aromatic heterocycles. The SMILES string of the molecule is CN(C)CC[C@H](NC(=O)CC[C@H]1CCN(C(=O)OC(C)(C)C)C1)C(C)(C)C. The first kappa shape index (κ1) is 23.7. The molecule has 1 aliphatic heterocycles. The van der Waals surface area contributed by atoms with Gasteiger partial charge in [-0.25, -0.2) is 4.79 Å². The highest BCUT2D eigenvalue weighted by Crippen LogP contribution is 2.25. The van der Waals surface area contributed by atoms with Gasteiger partial charge in [-0.15, -0.1) is 0 Å². The highest BCUT2D eigenvalue weighted by molar-refractivity contribution is 5.76. The summed E-state index contributed by atoms with van der Waals surface area (Å²) in [6.45, 7) is 14.5. The number of ether oxygens (including phenoxy) is 1. The Hall–Kier alpha value is -1.30. The van der Waals surface area contributed by atoms with E-state index < -0.39 is 5.60 Å². The smallest absolute Gasteiger partial charge is 0.410 e. The molecule has 1 aliphatic rings. The van der Waals surface area contributed by atoms with Crippen LogP contribution in [0.15, 0.2) is 0 Å². The van der Waals surface area contributed by atoms with E-state index in [2.05, 4.69) is 45.1 Å². The molecule has 158 valence electrons. The van der Waals surface area contributed by atoms with Crippen molar-refractivity contribution in [2.24, 2.45) is 11.3 Å².